The van der Waals surface area contributed by atoms with Crippen molar-refractivity contribution in [3.63, 3.8) is 0 Å². The number of benzene rings is 2. The highest BCUT2D eigenvalue weighted by molar-refractivity contribution is 6.42. The summed E-state index contributed by atoms with van der Waals surface area (Å²) in [7, 11) is 0. The monoisotopic (exact) mass is 384 g/mol. The molecule has 3 rings (SSSR count). The molecule has 24 heavy (non-hydrogen) atoms. The molecule has 0 atom stereocenters. The molecule has 0 radical (unpaired) electrons. The molecule has 9 heteroatoms. The van der Waals surface area contributed by atoms with Crippen molar-refractivity contribution < 1.29 is 5.11 Å². The van der Waals surface area contributed by atoms with Gasteiger partial charge in [-0.25, -0.2) is 9.48 Å². The molecule has 1 aromatic heterocycles. The number of hydrogen-bond donors (Lipinski definition) is 3. The Morgan fingerprint density at radius 3 is 2.58 bits per heavy atom. The summed E-state index contributed by atoms with van der Waals surface area (Å²) in [6.07, 6.45) is 0. The Morgan fingerprint density at radius 2 is 1.88 bits per heavy atom. The Bertz CT molecular complexity index is 981. The van der Waals surface area contributed by atoms with E-state index in [9.17, 15) is 9.90 Å². The molecule has 4 N–H and O–H groups in total. The van der Waals surface area contributed by atoms with Crippen LogP contribution in [0.5, 0.6) is 5.75 Å². The lowest BCUT2D eigenvalue weighted by atomic mass is 10.2. The molecule has 124 valence electrons. The summed E-state index contributed by atoms with van der Waals surface area (Å²) >= 11 is 17.8. The predicted molar refractivity (Wildman–Crippen MR) is 94.9 cm³/mol. The Morgan fingerprint density at radius 1 is 1.12 bits per heavy atom. The van der Waals surface area contributed by atoms with E-state index in [2.05, 4.69) is 10.1 Å². The van der Waals surface area contributed by atoms with Gasteiger partial charge in [0.2, 0.25) is 0 Å². The van der Waals surface area contributed by atoms with Gasteiger partial charge >= 0.3 is 5.69 Å². The van der Waals surface area contributed by atoms with Crippen LogP contribution in [-0.4, -0.2) is 19.9 Å². The second-order valence-corrected chi connectivity index (χ2v) is 6.29. The molecule has 0 spiro atoms. The van der Waals surface area contributed by atoms with Gasteiger partial charge in [-0.05, 0) is 24.3 Å². The molecule has 0 aliphatic heterocycles. The van der Waals surface area contributed by atoms with Crippen molar-refractivity contribution in [2.24, 2.45) is 0 Å². The Labute approximate surface area is 151 Å². The number of nitrogens with zero attached hydrogens (tertiary/aromatic N) is 2. The topological polar surface area (TPSA) is 96.9 Å². The first-order valence-electron chi connectivity index (χ1n) is 6.74. The van der Waals surface area contributed by atoms with E-state index >= 15 is 0 Å². The summed E-state index contributed by atoms with van der Waals surface area (Å²) in [5, 5.41) is 15.2. The number of aromatic nitrogens is 3. The molecule has 2 aromatic carbocycles. The van der Waals surface area contributed by atoms with Crippen LogP contribution < -0.4 is 11.4 Å². The van der Waals surface area contributed by atoms with Crippen LogP contribution in [-0.2, 0) is 6.54 Å². The number of phenols is 1. The van der Waals surface area contributed by atoms with Gasteiger partial charge in [-0.2, -0.15) is 0 Å². The molecule has 0 saturated heterocycles. The van der Waals surface area contributed by atoms with Crippen LogP contribution in [0, 0.1) is 0 Å². The molecule has 0 fully saturated rings. The predicted octanol–water partition coefficient (Wildman–Crippen LogP) is 3.53. The molecule has 0 unspecified atom stereocenters. The second kappa shape index (κ2) is 6.39. The normalized spacial score (nSPS) is 11.0. The third kappa shape index (κ3) is 3.21. The van der Waals surface area contributed by atoms with E-state index in [1.807, 2.05) is 0 Å². The van der Waals surface area contributed by atoms with Gasteiger partial charge in [0.25, 0.3) is 0 Å². The number of anilines is 1. The minimum Gasteiger partial charge on any atom is -0.508 e. The van der Waals surface area contributed by atoms with Crippen LogP contribution >= 0.6 is 34.8 Å². The second-order valence-electron chi connectivity index (χ2n) is 5.07. The summed E-state index contributed by atoms with van der Waals surface area (Å²) in [6, 6.07) is 7.72. The number of nitrogen functional groups attached to an aromatic ring is 1. The molecule has 6 nitrogen and oxygen atoms in total. The van der Waals surface area contributed by atoms with Gasteiger partial charge in [-0.1, -0.05) is 34.8 Å². The molecule has 3 aromatic rings. The van der Waals surface area contributed by atoms with E-state index in [0.29, 0.717) is 27.0 Å². The number of aromatic amines is 1. The standard InChI is InChI=1S/C15H11Cl3N4O2/c16-9-2-1-7(3-10(9)17)14-20-15(24)22(21-14)6-8-4-11(18)12(19)5-13(8)23/h1-5,23H,6,19H2,(H,20,21,24). The van der Waals surface area contributed by atoms with Crippen molar-refractivity contribution >= 4 is 40.5 Å². The maximum absolute atomic E-state index is 12.1. The van der Waals surface area contributed by atoms with Crippen LogP contribution in [0.15, 0.2) is 35.1 Å². The lowest BCUT2D eigenvalue weighted by Crippen LogP contribution is -2.18. The van der Waals surface area contributed by atoms with E-state index in [1.165, 1.54) is 16.8 Å². The highest BCUT2D eigenvalue weighted by atomic mass is 35.5. The molecule has 0 amide bonds. The maximum Gasteiger partial charge on any atom is 0.343 e. The lowest BCUT2D eigenvalue weighted by Gasteiger charge is -2.06. The average Bonchev–Trinajstić information content (AvgIpc) is 2.88. The smallest absolute Gasteiger partial charge is 0.343 e. The van der Waals surface area contributed by atoms with E-state index in [4.69, 9.17) is 40.5 Å². The molecular weight excluding hydrogens is 375 g/mol. The number of halogens is 3. The highest BCUT2D eigenvalue weighted by Gasteiger charge is 2.12. The Hall–Kier alpha value is -2.15. The third-order valence-electron chi connectivity index (χ3n) is 3.39. The minimum absolute atomic E-state index is 0.0302. The first-order chi connectivity index (χ1) is 11.3. The molecule has 0 aliphatic carbocycles. The summed E-state index contributed by atoms with van der Waals surface area (Å²) in [6.45, 7) is 0.0302. The fraction of sp³-hybridized carbons (Fsp3) is 0.0667. The number of nitrogens with two attached hydrogens (primary N) is 1. The average molecular weight is 386 g/mol. The molecule has 0 aliphatic rings. The first kappa shape index (κ1) is 16.7. The van der Waals surface area contributed by atoms with Crippen LogP contribution in [0.3, 0.4) is 0 Å². The van der Waals surface area contributed by atoms with Gasteiger partial charge in [-0.15, -0.1) is 5.10 Å². The van der Waals surface area contributed by atoms with Gasteiger partial charge in [0, 0.05) is 17.2 Å². The number of nitrogens with one attached hydrogen (secondary N) is 1. The van der Waals surface area contributed by atoms with Crippen LogP contribution in [0.2, 0.25) is 15.1 Å². The number of H-pyrrole nitrogens is 1. The van der Waals surface area contributed by atoms with Crippen LogP contribution in [0.25, 0.3) is 11.4 Å². The van der Waals surface area contributed by atoms with Gasteiger partial charge in [-0.3, -0.25) is 4.98 Å². The molecule has 0 saturated carbocycles. The zero-order valence-corrected chi connectivity index (χ0v) is 14.3. The summed E-state index contributed by atoms with van der Waals surface area (Å²) in [4.78, 5) is 14.7. The van der Waals surface area contributed by atoms with Gasteiger partial charge in [0.05, 0.1) is 27.3 Å². The summed E-state index contributed by atoms with van der Waals surface area (Å²) in [5.41, 5.74) is 6.46. The largest absolute Gasteiger partial charge is 0.508 e. The van der Waals surface area contributed by atoms with Crippen molar-refractivity contribution in [2.45, 2.75) is 6.54 Å². The highest BCUT2D eigenvalue weighted by Crippen LogP contribution is 2.29. The van der Waals surface area contributed by atoms with Crippen LogP contribution in [0.4, 0.5) is 5.69 Å². The minimum atomic E-state index is -0.441. The zero-order chi connectivity index (χ0) is 17.4. The zero-order valence-electron chi connectivity index (χ0n) is 12.1. The van der Waals surface area contributed by atoms with E-state index < -0.39 is 5.69 Å². The summed E-state index contributed by atoms with van der Waals surface area (Å²) in [5.74, 6) is 0.266. The fourth-order valence-corrected chi connectivity index (χ4v) is 2.63. The SMILES string of the molecule is Nc1cc(O)c(Cn2nc(-c3ccc(Cl)c(Cl)c3)[nH]c2=O)cc1Cl. The molecule has 0 bridgehead atoms. The van der Waals surface area contributed by atoms with E-state index in [1.54, 1.807) is 18.2 Å². The quantitative estimate of drug-likeness (QED) is 0.601. The Kier molecular flexibility index (Phi) is 4.45. The van der Waals surface area contributed by atoms with Crippen molar-refractivity contribution in [3.05, 3.63) is 61.4 Å². The van der Waals surface area contributed by atoms with Gasteiger partial charge in [0.15, 0.2) is 5.82 Å². The Balaban J connectivity index is 1.96. The van der Waals surface area contributed by atoms with Gasteiger partial charge in [0.1, 0.15) is 5.75 Å². The van der Waals surface area contributed by atoms with Gasteiger partial charge < -0.3 is 10.8 Å². The molecule has 1 heterocycles. The van der Waals surface area contributed by atoms with E-state index in [0.717, 1.165) is 0 Å². The number of aromatic hydroxyl groups is 1. The number of hydrogen-bond acceptors (Lipinski definition) is 4. The van der Waals surface area contributed by atoms with E-state index in [-0.39, 0.29) is 23.0 Å². The van der Waals surface area contributed by atoms with Crippen molar-refractivity contribution in [2.75, 3.05) is 5.73 Å². The number of rotatable bonds is 3. The third-order valence-corrected chi connectivity index (χ3v) is 4.46. The van der Waals surface area contributed by atoms with Crippen LogP contribution in [0.1, 0.15) is 5.56 Å². The van der Waals surface area contributed by atoms with Crippen molar-refractivity contribution in [1.29, 1.82) is 0 Å². The number of phenolic OH excluding ortho intramolecular Hbond substituents is 1. The van der Waals surface area contributed by atoms with Crippen molar-refractivity contribution in [3.8, 4) is 17.1 Å². The fourth-order valence-electron chi connectivity index (χ4n) is 2.14. The van der Waals surface area contributed by atoms with Crippen molar-refractivity contribution in [1.82, 2.24) is 14.8 Å². The molecular formula is C15H11Cl3N4O2. The summed E-state index contributed by atoms with van der Waals surface area (Å²) < 4.78 is 1.17. The maximum atomic E-state index is 12.1. The lowest BCUT2D eigenvalue weighted by molar-refractivity contribution is 0.463. The first-order valence-corrected chi connectivity index (χ1v) is 7.88.